The highest BCUT2D eigenvalue weighted by Crippen LogP contribution is 2.35. The fraction of sp³-hybridized carbons (Fsp3) is 0.714. The van der Waals surface area contributed by atoms with Crippen LogP contribution in [0.2, 0.25) is 0 Å². The predicted molar refractivity (Wildman–Crippen MR) is 71.7 cm³/mol. The number of hydrogen-bond donors (Lipinski definition) is 1. The van der Waals surface area contributed by atoms with Crippen LogP contribution in [0.3, 0.4) is 0 Å². The van der Waals surface area contributed by atoms with E-state index in [-0.39, 0.29) is 0 Å². The van der Waals surface area contributed by atoms with E-state index in [9.17, 15) is 0 Å². The second-order valence-electron chi connectivity index (χ2n) is 5.62. The summed E-state index contributed by atoms with van der Waals surface area (Å²) in [6.45, 7) is 4.75. The number of hydrogen-bond acceptors (Lipinski definition) is 2. The van der Waals surface area contributed by atoms with E-state index in [0.29, 0.717) is 6.04 Å². The molecule has 0 radical (unpaired) electrons. The maximum Gasteiger partial charge on any atom is 0.0116 e. The fourth-order valence-corrected chi connectivity index (χ4v) is 3.96. The first kappa shape index (κ1) is 12.1. The Labute approximate surface area is 103 Å². The highest BCUT2D eigenvalue weighted by Gasteiger charge is 2.28. The SMILES string of the molecule is CC1CC(C)CC(C(N)Cc2cccs2)C1. The highest BCUT2D eigenvalue weighted by atomic mass is 32.1. The lowest BCUT2D eigenvalue weighted by atomic mass is 9.73. The number of rotatable bonds is 3. The lowest BCUT2D eigenvalue weighted by Gasteiger charge is -2.34. The Balaban J connectivity index is 1.91. The summed E-state index contributed by atoms with van der Waals surface area (Å²) in [6, 6.07) is 4.70. The van der Waals surface area contributed by atoms with Crippen molar-refractivity contribution in [2.24, 2.45) is 23.5 Å². The van der Waals surface area contributed by atoms with Crippen molar-refractivity contribution in [1.29, 1.82) is 0 Å². The van der Waals surface area contributed by atoms with Gasteiger partial charge in [0.1, 0.15) is 0 Å². The van der Waals surface area contributed by atoms with E-state index in [1.165, 1.54) is 24.1 Å². The van der Waals surface area contributed by atoms with Gasteiger partial charge >= 0.3 is 0 Å². The Bertz CT molecular complexity index is 297. The van der Waals surface area contributed by atoms with E-state index in [2.05, 4.69) is 31.4 Å². The van der Waals surface area contributed by atoms with Gasteiger partial charge in [-0.3, -0.25) is 0 Å². The monoisotopic (exact) mass is 237 g/mol. The zero-order chi connectivity index (χ0) is 11.5. The van der Waals surface area contributed by atoms with Crippen LogP contribution in [0.5, 0.6) is 0 Å². The van der Waals surface area contributed by atoms with Crippen molar-refractivity contribution in [2.45, 2.75) is 45.6 Å². The molecule has 1 aliphatic carbocycles. The third-order valence-corrected chi connectivity index (χ3v) is 4.74. The molecule has 16 heavy (non-hydrogen) atoms. The van der Waals surface area contributed by atoms with Gasteiger partial charge in [-0.1, -0.05) is 19.9 Å². The van der Waals surface area contributed by atoms with E-state index in [1.807, 2.05) is 11.3 Å². The van der Waals surface area contributed by atoms with E-state index in [0.717, 1.165) is 24.2 Å². The Hall–Kier alpha value is -0.340. The molecule has 90 valence electrons. The maximum absolute atomic E-state index is 6.37. The van der Waals surface area contributed by atoms with E-state index < -0.39 is 0 Å². The molecule has 3 atom stereocenters. The fourth-order valence-electron chi connectivity index (χ4n) is 3.19. The molecule has 2 heteroatoms. The molecule has 0 bridgehead atoms. The molecule has 0 aliphatic heterocycles. The minimum absolute atomic E-state index is 0.365. The van der Waals surface area contributed by atoms with Crippen LogP contribution in [-0.2, 0) is 6.42 Å². The summed E-state index contributed by atoms with van der Waals surface area (Å²) in [5, 5.41) is 2.15. The first-order valence-corrected chi connectivity index (χ1v) is 7.31. The molecule has 1 aliphatic rings. The summed E-state index contributed by atoms with van der Waals surface area (Å²) >= 11 is 1.84. The van der Waals surface area contributed by atoms with Crippen molar-refractivity contribution in [3.63, 3.8) is 0 Å². The van der Waals surface area contributed by atoms with Gasteiger partial charge in [0.05, 0.1) is 0 Å². The smallest absolute Gasteiger partial charge is 0.0116 e. The molecule has 1 fully saturated rings. The average Bonchev–Trinajstić information content (AvgIpc) is 2.68. The van der Waals surface area contributed by atoms with Crippen LogP contribution < -0.4 is 5.73 Å². The molecule has 0 saturated heterocycles. The summed E-state index contributed by atoms with van der Waals surface area (Å²) in [6.07, 6.45) is 5.12. The van der Waals surface area contributed by atoms with Crippen LogP contribution in [0.15, 0.2) is 17.5 Å². The summed E-state index contributed by atoms with van der Waals surface area (Å²) in [4.78, 5) is 1.44. The molecule has 1 aromatic heterocycles. The third-order valence-electron chi connectivity index (χ3n) is 3.84. The highest BCUT2D eigenvalue weighted by molar-refractivity contribution is 7.09. The second kappa shape index (κ2) is 5.33. The maximum atomic E-state index is 6.37. The van der Waals surface area contributed by atoms with Crippen molar-refractivity contribution in [2.75, 3.05) is 0 Å². The lowest BCUT2D eigenvalue weighted by Crippen LogP contribution is -2.36. The van der Waals surface area contributed by atoms with Crippen LogP contribution in [0.25, 0.3) is 0 Å². The summed E-state index contributed by atoms with van der Waals surface area (Å²) < 4.78 is 0. The van der Waals surface area contributed by atoms with Gasteiger partial charge in [0.15, 0.2) is 0 Å². The minimum atomic E-state index is 0.365. The zero-order valence-corrected chi connectivity index (χ0v) is 11.2. The normalized spacial score (nSPS) is 32.6. The summed E-state index contributed by atoms with van der Waals surface area (Å²) in [7, 11) is 0. The Morgan fingerprint density at radius 3 is 2.56 bits per heavy atom. The molecule has 3 unspecified atom stereocenters. The molecule has 0 aromatic carbocycles. The van der Waals surface area contributed by atoms with E-state index in [4.69, 9.17) is 5.73 Å². The molecular weight excluding hydrogens is 214 g/mol. The van der Waals surface area contributed by atoms with Gasteiger partial charge in [-0.25, -0.2) is 0 Å². The standard InChI is InChI=1S/C14H23NS/c1-10-6-11(2)8-12(7-10)14(15)9-13-4-3-5-16-13/h3-5,10-12,14H,6-9,15H2,1-2H3. The van der Waals surface area contributed by atoms with E-state index in [1.54, 1.807) is 0 Å². The van der Waals surface area contributed by atoms with Gasteiger partial charge < -0.3 is 5.73 Å². The topological polar surface area (TPSA) is 26.0 Å². The molecular formula is C14H23NS. The Morgan fingerprint density at radius 1 is 1.31 bits per heavy atom. The predicted octanol–water partition coefficient (Wildman–Crippen LogP) is 3.69. The van der Waals surface area contributed by atoms with Crippen LogP contribution in [0.4, 0.5) is 0 Å². The molecule has 2 rings (SSSR count). The summed E-state index contributed by atoms with van der Waals surface area (Å²) in [5.74, 6) is 2.46. The molecule has 0 amide bonds. The number of nitrogens with two attached hydrogens (primary N) is 1. The van der Waals surface area contributed by atoms with Gasteiger partial charge in [-0.2, -0.15) is 0 Å². The largest absolute Gasteiger partial charge is 0.327 e. The van der Waals surface area contributed by atoms with Crippen LogP contribution in [0, 0.1) is 17.8 Å². The summed E-state index contributed by atoms with van der Waals surface area (Å²) in [5.41, 5.74) is 6.37. The minimum Gasteiger partial charge on any atom is -0.327 e. The van der Waals surface area contributed by atoms with Gasteiger partial charge in [0.25, 0.3) is 0 Å². The molecule has 0 spiro atoms. The molecule has 2 N–H and O–H groups in total. The lowest BCUT2D eigenvalue weighted by molar-refractivity contribution is 0.192. The molecule has 1 saturated carbocycles. The van der Waals surface area contributed by atoms with Gasteiger partial charge in [-0.05, 0) is 54.9 Å². The first-order chi connectivity index (χ1) is 7.65. The van der Waals surface area contributed by atoms with Gasteiger partial charge in [0.2, 0.25) is 0 Å². The van der Waals surface area contributed by atoms with Crippen molar-refractivity contribution >= 4 is 11.3 Å². The van der Waals surface area contributed by atoms with Crippen LogP contribution >= 0.6 is 11.3 Å². The molecule has 1 nitrogen and oxygen atoms in total. The molecule has 1 heterocycles. The zero-order valence-electron chi connectivity index (χ0n) is 10.4. The van der Waals surface area contributed by atoms with Crippen molar-refractivity contribution in [1.82, 2.24) is 0 Å². The Morgan fingerprint density at radius 2 is 2.00 bits per heavy atom. The van der Waals surface area contributed by atoms with Crippen molar-refractivity contribution in [3.8, 4) is 0 Å². The van der Waals surface area contributed by atoms with E-state index >= 15 is 0 Å². The Kier molecular flexibility index (Phi) is 4.04. The van der Waals surface area contributed by atoms with Crippen molar-refractivity contribution in [3.05, 3.63) is 22.4 Å². The third kappa shape index (κ3) is 3.08. The van der Waals surface area contributed by atoms with Crippen LogP contribution in [-0.4, -0.2) is 6.04 Å². The van der Waals surface area contributed by atoms with Gasteiger partial charge in [-0.15, -0.1) is 11.3 Å². The van der Waals surface area contributed by atoms with Gasteiger partial charge in [0, 0.05) is 10.9 Å². The molecule has 1 aromatic rings. The second-order valence-corrected chi connectivity index (χ2v) is 6.66. The quantitative estimate of drug-likeness (QED) is 0.852. The average molecular weight is 237 g/mol. The number of thiophene rings is 1. The van der Waals surface area contributed by atoms with Crippen molar-refractivity contribution < 1.29 is 0 Å². The first-order valence-electron chi connectivity index (χ1n) is 6.43. The van der Waals surface area contributed by atoms with Crippen LogP contribution in [0.1, 0.15) is 38.0 Å².